The predicted molar refractivity (Wildman–Crippen MR) is 49.4 cm³/mol. The zero-order valence-corrected chi connectivity index (χ0v) is 7.71. The van der Waals surface area contributed by atoms with Crippen molar-refractivity contribution in [1.29, 1.82) is 0 Å². The Morgan fingerprint density at radius 2 is 1.22 bits per heavy atom. The summed E-state index contributed by atoms with van der Waals surface area (Å²) in [4.78, 5) is 0. The molecule has 0 aromatic carbocycles. The van der Waals surface area contributed by atoms with Gasteiger partial charge in [-0.2, -0.15) is 0 Å². The smallest absolute Gasteiger partial charge is 0.317 e. The van der Waals surface area contributed by atoms with Gasteiger partial charge in [0.1, 0.15) is 0 Å². The molecule has 0 atom stereocenters. The minimum atomic E-state index is 0. The summed E-state index contributed by atoms with van der Waals surface area (Å²) in [5.41, 5.74) is 0. The predicted octanol–water partition coefficient (Wildman–Crippen LogP) is -2.15. The van der Waals surface area contributed by atoms with Crippen LogP contribution in [0.25, 0.3) is 0 Å². The quantitative estimate of drug-likeness (QED) is 0.419. The molecule has 0 bridgehead atoms. The normalized spacial score (nSPS) is 16.0. The number of hydrogen-bond donors (Lipinski definition) is 1. The second-order valence-electron chi connectivity index (χ2n) is 1.81. The summed E-state index contributed by atoms with van der Waals surface area (Å²) in [6.45, 7) is 2.50. The van der Waals surface area contributed by atoms with E-state index in [1.807, 2.05) is 0 Å². The first-order valence-corrected chi connectivity index (χ1v) is 2.71. The van der Waals surface area contributed by atoms with Gasteiger partial charge in [-0.1, -0.05) is 23.2 Å². The summed E-state index contributed by atoms with van der Waals surface area (Å²) in [7, 11) is 0. The van der Waals surface area contributed by atoms with Gasteiger partial charge in [0.25, 0.3) is 0 Å². The SMILES string of the molecule is C1CCNCC1.[BH4-].[BH4-].[Zn+2]. The molecular weight excluding hydrogens is 161 g/mol. The number of hydrogen-bond acceptors (Lipinski definition) is 1. The van der Waals surface area contributed by atoms with Crippen LogP contribution in [0.15, 0.2) is 0 Å². The van der Waals surface area contributed by atoms with Gasteiger partial charge in [0.05, 0.1) is 0 Å². The van der Waals surface area contributed by atoms with Gasteiger partial charge in [0, 0.05) is 0 Å². The van der Waals surface area contributed by atoms with Crippen molar-refractivity contribution in [2.24, 2.45) is 0 Å². The van der Waals surface area contributed by atoms with Crippen molar-refractivity contribution in [2.45, 2.75) is 19.3 Å². The molecule has 1 aliphatic rings. The van der Waals surface area contributed by atoms with E-state index in [2.05, 4.69) is 5.32 Å². The van der Waals surface area contributed by atoms with Crippen LogP contribution in [0, 0.1) is 0 Å². The van der Waals surface area contributed by atoms with Crippen LogP contribution in [0.1, 0.15) is 19.3 Å². The average molecular weight is 180 g/mol. The second-order valence-corrected chi connectivity index (χ2v) is 1.81. The van der Waals surface area contributed by atoms with Crippen molar-refractivity contribution < 1.29 is 19.5 Å². The molecule has 1 saturated heterocycles. The van der Waals surface area contributed by atoms with Crippen LogP contribution >= 0.6 is 0 Å². The van der Waals surface area contributed by atoms with E-state index in [1.54, 1.807) is 0 Å². The fourth-order valence-corrected chi connectivity index (χ4v) is 0.802. The van der Waals surface area contributed by atoms with Crippen LogP contribution in [0.4, 0.5) is 0 Å². The fraction of sp³-hybridized carbons (Fsp3) is 1.00. The molecule has 1 aliphatic heterocycles. The molecule has 0 aromatic heterocycles. The van der Waals surface area contributed by atoms with Crippen LogP contribution in [0.3, 0.4) is 0 Å². The summed E-state index contributed by atoms with van der Waals surface area (Å²) in [5, 5.41) is 3.28. The summed E-state index contributed by atoms with van der Waals surface area (Å²) >= 11 is 0. The Balaban J connectivity index is -0.000000120. The van der Waals surface area contributed by atoms with Gasteiger partial charge in [-0.15, -0.1) is 0 Å². The zero-order chi connectivity index (χ0) is 4.24. The van der Waals surface area contributed by atoms with Gasteiger partial charge >= 0.3 is 19.5 Å². The Bertz CT molecular complexity index is 30.4. The van der Waals surface area contributed by atoms with Gasteiger partial charge in [-0.05, 0) is 25.9 Å². The molecule has 0 unspecified atom stereocenters. The molecule has 4 heteroatoms. The van der Waals surface area contributed by atoms with Gasteiger partial charge < -0.3 is 5.32 Å². The first-order valence-electron chi connectivity index (χ1n) is 2.71. The molecule has 0 aromatic rings. The van der Waals surface area contributed by atoms with Gasteiger partial charge in [-0.25, -0.2) is 0 Å². The van der Waals surface area contributed by atoms with Crippen molar-refractivity contribution in [3.8, 4) is 0 Å². The van der Waals surface area contributed by atoms with Gasteiger partial charge in [0.15, 0.2) is 0 Å². The van der Waals surface area contributed by atoms with Crippen LogP contribution in [0.5, 0.6) is 0 Å². The molecular formula is C5H19B2NZn. The van der Waals surface area contributed by atoms with Crippen LogP contribution < -0.4 is 5.32 Å². The molecule has 1 rings (SSSR count). The largest absolute Gasteiger partial charge is 2.00 e. The molecule has 9 heavy (non-hydrogen) atoms. The third-order valence-electron chi connectivity index (χ3n) is 1.21. The second kappa shape index (κ2) is 11.5. The van der Waals surface area contributed by atoms with E-state index in [1.165, 1.54) is 32.4 Å². The standard InChI is InChI=1S/C5H11N.2BH4.Zn/c1-2-4-6-5-3-1;;;/h6H,1-5H2;2*1H4;/q;2*-1;+2. The van der Waals surface area contributed by atoms with Crippen molar-refractivity contribution in [2.75, 3.05) is 13.1 Å². The molecule has 0 amide bonds. The van der Waals surface area contributed by atoms with E-state index in [4.69, 9.17) is 0 Å². The van der Waals surface area contributed by atoms with E-state index in [0.717, 1.165) is 0 Å². The zero-order valence-electron chi connectivity index (χ0n) is 4.74. The fourth-order valence-electron chi connectivity index (χ4n) is 0.802. The Morgan fingerprint density at radius 3 is 1.33 bits per heavy atom. The molecule has 0 radical (unpaired) electrons. The Morgan fingerprint density at radius 1 is 0.778 bits per heavy atom. The molecule has 1 N–H and O–H groups in total. The maximum Gasteiger partial charge on any atom is 2.00 e. The van der Waals surface area contributed by atoms with Crippen LogP contribution in [-0.2, 0) is 19.5 Å². The van der Waals surface area contributed by atoms with E-state index in [-0.39, 0.29) is 36.3 Å². The molecule has 0 aliphatic carbocycles. The van der Waals surface area contributed by atoms with Gasteiger partial charge in [0.2, 0.25) is 0 Å². The third-order valence-corrected chi connectivity index (χ3v) is 1.21. The molecule has 0 spiro atoms. The molecule has 1 heterocycles. The van der Waals surface area contributed by atoms with Crippen LogP contribution in [-0.4, -0.2) is 29.9 Å². The Hall–Kier alpha value is 0.713. The summed E-state index contributed by atoms with van der Waals surface area (Å²) in [5.74, 6) is 0. The van der Waals surface area contributed by atoms with Crippen molar-refractivity contribution >= 4 is 16.8 Å². The Labute approximate surface area is 74.3 Å². The van der Waals surface area contributed by atoms with E-state index in [9.17, 15) is 0 Å². The summed E-state index contributed by atoms with van der Waals surface area (Å²) < 4.78 is 0. The first kappa shape index (κ1) is 16.4. The number of rotatable bonds is 0. The van der Waals surface area contributed by atoms with Crippen LogP contribution in [0.2, 0.25) is 0 Å². The van der Waals surface area contributed by atoms with E-state index < -0.39 is 0 Å². The molecule has 52 valence electrons. The third kappa shape index (κ3) is 8.71. The van der Waals surface area contributed by atoms with Crippen molar-refractivity contribution in [3.05, 3.63) is 0 Å². The molecule has 1 nitrogen and oxygen atoms in total. The molecule has 0 saturated carbocycles. The molecule has 1 fully saturated rings. The average Bonchev–Trinajstić information content (AvgIpc) is 1.72. The van der Waals surface area contributed by atoms with E-state index in [0.29, 0.717) is 0 Å². The minimum Gasteiger partial charge on any atom is -0.317 e. The monoisotopic (exact) mass is 179 g/mol. The summed E-state index contributed by atoms with van der Waals surface area (Å²) in [6.07, 6.45) is 4.22. The maximum absolute atomic E-state index is 3.28. The minimum absolute atomic E-state index is 0. The number of piperidine rings is 1. The van der Waals surface area contributed by atoms with Crippen molar-refractivity contribution in [3.63, 3.8) is 0 Å². The maximum atomic E-state index is 3.28. The van der Waals surface area contributed by atoms with Gasteiger partial charge in [-0.3, -0.25) is 0 Å². The summed E-state index contributed by atoms with van der Waals surface area (Å²) in [6, 6.07) is 0. The topological polar surface area (TPSA) is 12.0 Å². The van der Waals surface area contributed by atoms with Crippen molar-refractivity contribution in [1.82, 2.24) is 5.32 Å². The Kier molecular flexibility index (Phi) is 20.9. The number of nitrogens with one attached hydrogen (secondary N) is 1. The first-order chi connectivity index (χ1) is 3.00. The van der Waals surface area contributed by atoms with E-state index >= 15 is 0 Å².